The Hall–Kier alpha value is -0.820. The van der Waals surface area contributed by atoms with Gasteiger partial charge in [-0.2, -0.15) is 0 Å². The second kappa shape index (κ2) is 6.20. The molecule has 3 N–H and O–H groups in total. The third-order valence-corrected chi connectivity index (χ3v) is 3.84. The van der Waals surface area contributed by atoms with Gasteiger partial charge < -0.3 is 10.9 Å². The number of nitrogens with zero attached hydrogens (tertiary/aromatic N) is 2. The van der Waals surface area contributed by atoms with Crippen molar-refractivity contribution in [2.24, 2.45) is 10.9 Å². The number of nitrogens with two attached hydrogens (primary N) is 1. The fraction of sp³-hybridized carbons (Fsp3) is 0.900. The molecule has 0 radical (unpaired) electrons. The first kappa shape index (κ1) is 14.2. The Kier molecular flexibility index (Phi) is 5.20. The summed E-state index contributed by atoms with van der Waals surface area (Å²) in [5.74, 6) is 0.443. The lowest BCUT2D eigenvalue weighted by atomic mass is 10.3. The second-order valence-electron chi connectivity index (χ2n) is 4.59. The van der Waals surface area contributed by atoms with Gasteiger partial charge in [0.25, 0.3) is 0 Å². The van der Waals surface area contributed by atoms with Gasteiger partial charge in [-0.15, -0.1) is 0 Å². The summed E-state index contributed by atoms with van der Waals surface area (Å²) in [6, 6.07) is 0.557. The van der Waals surface area contributed by atoms with Gasteiger partial charge >= 0.3 is 0 Å². The highest BCUT2D eigenvalue weighted by atomic mass is 32.2. The Balaban J connectivity index is 2.29. The van der Waals surface area contributed by atoms with Crippen LogP contribution in [0, 0.1) is 0 Å². The van der Waals surface area contributed by atoms with Crippen molar-refractivity contribution in [2.45, 2.75) is 31.7 Å². The summed E-state index contributed by atoms with van der Waals surface area (Å²) < 4.78 is 22.0. The number of amidine groups is 1. The highest BCUT2D eigenvalue weighted by Gasteiger charge is 2.28. The van der Waals surface area contributed by atoms with E-state index in [1.54, 1.807) is 0 Å². The number of hydrogen-bond donors (Lipinski definition) is 2. The largest absolute Gasteiger partial charge is 0.409 e. The molecule has 0 atom stereocenters. The molecule has 100 valence electrons. The third kappa shape index (κ3) is 6.48. The zero-order valence-electron chi connectivity index (χ0n) is 10.2. The van der Waals surface area contributed by atoms with Crippen LogP contribution in [0.5, 0.6) is 0 Å². The first-order valence-corrected chi connectivity index (χ1v) is 7.86. The molecule has 1 fully saturated rings. The molecule has 0 saturated heterocycles. The summed E-state index contributed by atoms with van der Waals surface area (Å²) in [5, 5.41) is 11.4. The van der Waals surface area contributed by atoms with Crippen molar-refractivity contribution in [2.75, 3.05) is 25.1 Å². The molecule has 0 unspecified atom stereocenters. The van der Waals surface area contributed by atoms with E-state index in [-0.39, 0.29) is 11.6 Å². The summed E-state index contributed by atoms with van der Waals surface area (Å²) in [6.45, 7) is 1.49. The second-order valence-corrected chi connectivity index (χ2v) is 6.85. The number of sulfone groups is 1. The lowest BCUT2D eigenvalue weighted by molar-refractivity contribution is 0.268. The van der Waals surface area contributed by atoms with E-state index >= 15 is 0 Å². The minimum atomic E-state index is -2.88. The molecule has 0 heterocycles. The van der Waals surface area contributed by atoms with Gasteiger partial charge in [0, 0.05) is 25.3 Å². The molecule has 1 saturated carbocycles. The third-order valence-electron chi connectivity index (χ3n) is 2.81. The van der Waals surface area contributed by atoms with Gasteiger partial charge in [0.1, 0.15) is 15.7 Å². The normalized spacial score (nSPS) is 17.6. The molecule has 7 heteroatoms. The Labute approximate surface area is 102 Å². The fourth-order valence-electron chi connectivity index (χ4n) is 1.75. The van der Waals surface area contributed by atoms with Crippen LogP contribution >= 0.6 is 0 Å². The van der Waals surface area contributed by atoms with Gasteiger partial charge in [-0.1, -0.05) is 5.16 Å². The smallest absolute Gasteiger partial charge is 0.147 e. The summed E-state index contributed by atoms with van der Waals surface area (Å²) in [6.07, 6.45) is 4.74. The van der Waals surface area contributed by atoms with E-state index in [0.717, 1.165) is 25.9 Å². The minimum Gasteiger partial charge on any atom is -0.409 e. The van der Waals surface area contributed by atoms with Crippen molar-refractivity contribution < 1.29 is 13.6 Å². The maximum atomic E-state index is 11.0. The van der Waals surface area contributed by atoms with E-state index in [9.17, 15) is 8.42 Å². The van der Waals surface area contributed by atoms with Crippen molar-refractivity contribution in [1.82, 2.24) is 4.90 Å². The summed E-state index contributed by atoms with van der Waals surface area (Å²) >= 11 is 0. The Bertz CT molecular complexity index is 363. The lowest BCUT2D eigenvalue weighted by Crippen LogP contribution is -2.32. The molecule has 0 aromatic heterocycles. The van der Waals surface area contributed by atoms with Crippen LogP contribution in [0.2, 0.25) is 0 Å². The van der Waals surface area contributed by atoms with Crippen LogP contribution in [0.25, 0.3) is 0 Å². The quantitative estimate of drug-likeness (QED) is 0.278. The minimum absolute atomic E-state index is 0.221. The Morgan fingerprint density at radius 1 is 1.47 bits per heavy atom. The van der Waals surface area contributed by atoms with Gasteiger partial charge in [-0.3, -0.25) is 4.90 Å². The van der Waals surface area contributed by atoms with Crippen molar-refractivity contribution in [3.05, 3.63) is 0 Å². The van der Waals surface area contributed by atoms with Gasteiger partial charge in [-0.05, 0) is 25.8 Å². The van der Waals surface area contributed by atoms with Crippen LogP contribution in [0.15, 0.2) is 5.16 Å². The molecule has 0 aromatic carbocycles. The predicted octanol–water partition coefficient (Wildman–Crippen LogP) is 0.0220. The van der Waals surface area contributed by atoms with E-state index in [0.29, 0.717) is 18.9 Å². The molecule has 0 bridgehead atoms. The average Bonchev–Trinajstić information content (AvgIpc) is 3.04. The zero-order valence-corrected chi connectivity index (χ0v) is 11.0. The Morgan fingerprint density at radius 3 is 2.59 bits per heavy atom. The molecule has 1 aliphatic rings. The number of rotatable bonds is 8. The molecule has 1 rings (SSSR count). The van der Waals surface area contributed by atoms with E-state index < -0.39 is 9.84 Å². The van der Waals surface area contributed by atoms with Crippen LogP contribution in [0.3, 0.4) is 0 Å². The summed E-state index contributed by atoms with van der Waals surface area (Å²) in [5.41, 5.74) is 5.42. The fourth-order valence-corrected chi connectivity index (χ4v) is 2.41. The number of hydrogen-bond acceptors (Lipinski definition) is 5. The van der Waals surface area contributed by atoms with Gasteiger partial charge in [0.15, 0.2) is 0 Å². The predicted molar refractivity (Wildman–Crippen MR) is 66.9 cm³/mol. The lowest BCUT2D eigenvalue weighted by Gasteiger charge is -2.21. The monoisotopic (exact) mass is 263 g/mol. The van der Waals surface area contributed by atoms with E-state index in [1.165, 1.54) is 6.26 Å². The maximum Gasteiger partial charge on any atom is 0.147 e. The van der Waals surface area contributed by atoms with Crippen LogP contribution in [-0.4, -0.2) is 55.5 Å². The molecular weight excluding hydrogens is 242 g/mol. The average molecular weight is 263 g/mol. The Morgan fingerprint density at radius 2 is 2.12 bits per heavy atom. The van der Waals surface area contributed by atoms with Crippen LogP contribution in [0.1, 0.15) is 25.7 Å². The van der Waals surface area contributed by atoms with Crippen molar-refractivity contribution in [1.29, 1.82) is 0 Å². The summed E-state index contributed by atoms with van der Waals surface area (Å²) in [7, 11) is -2.88. The van der Waals surface area contributed by atoms with Crippen molar-refractivity contribution >= 4 is 15.7 Å². The zero-order chi connectivity index (χ0) is 12.9. The van der Waals surface area contributed by atoms with Crippen LogP contribution in [0.4, 0.5) is 0 Å². The topological polar surface area (TPSA) is 96.0 Å². The first-order chi connectivity index (χ1) is 7.92. The highest BCUT2D eigenvalue weighted by Crippen LogP contribution is 2.26. The number of oxime groups is 1. The first-order valence-electron chi connectivity index (χ1n) is 5.80. The molecule has 0 aliphatic heterocycles. The molecule has 6 nitrogen and oxygen atoms in total. The standard InChI is InChI=1S/C10H21N3O3S/c1-17(15,16)8-2-6-13(9-3-4-9)7-5-10(11)12-14/h9,14H,2-8H2,1H3,(H2,11,12). The van der Waals surface area contributed by atoms with Crippen LogP contribution < -0.4 is 5.73 Å². The maximum absolute atomic E-state index is 11.0. The molecule has 17 heavy (non-hydrogen) atoms. The van der Waals surface area contributed by atoms with Crippen LogP contribution in [-0.2, 0) is 9.84 Å². The van der Waals surface area contributed by atoms with E-state index in [1.807, 2.05) is 0 Å². The van der Waals surface area contributed by atoms with Gasteiger partial charge in [0.2, 0.25) is 0 Å². The van der Waals surface area contributed by atoms with E-state index in [4.69, 9.17) is 10.9 Å². The van der Waals surface area contributed by atoms with Gasteiger partial charge in [0.05, 0.1) is 5.75 Å². The molecule has 0 amide bonds. The summed E-state index contributed by atoms with van der Waals surface area (Å²) in [4.78, 5) is 2.23. The highest BCUT2D eigenvalue weighted by molar-refractivity contribution is 7.90. The van der Waals surface area contributed by atoms with Gasteiger partial charge in [-0.25, -0.2) is 8.42 Å². The van der Waals surface area contributed by atoms with Crippen molar-refractivity contribution in [3.63, 3.8) is 0 Å². The van der Waals surface area contributed by atoms with Crippen molar-refractivity contribution in [3.8, 4) is 0 Å². The molecule has 1 aliphatic carbocycles. The van der Waals surface area contributed by atoms with E-state index in [2.05, 4.69) is 10.1 Å². The molecular formula is C10H21N3O3S. The molecule has 0 aromatic rings. The SMILES string of the molecule is CS(=O)(=O)CCCN(CCC(N)=NO)C1CC1. The molecule has 0 spiro atoms.